The molecule has 0 aliphatic carbocycles. The summed E-state index contributed by atoms with van der Waals surface area (Å²) in [7, 11) is 0. The molecule has 0 aromatic carbocycles. The summed E-state index contributed by atoms with van der Waals surface area (Å²) >= 11 is 0. The Kier molecular flexibility index (Phi) is 5.05. The topological polar surface area (TPSA) is 78.4 Å². The standard InChI is InChI=1S/C16H23N5O2/c22-15-5-6-16(23)21(15)10-4-7-17-13-11-14(19-12-18-13)20-8-2-1-3-9-20/h11-12H,1-10H2,(H,17,18,19). The first-order valence-electron chi connectivity index (χ1n) is 8.38. The Morgan fingerprint density at radius 1 is 1.04 bits per heavy atom. The molecule has 2 aliphatic rings. The van der Waals surface area contributed by atoms with E-state index < -0.39 is 0 Å². The number of nitrogens with zero attached hydrogens (tertiary/aromatic N) is 4. The minimum atomic E-state index is -0.0515. The van der Waals surface area contributed by atoms with E-state index >= 15 is 0 Å². The van der Waals surface area contributed by atoms with E-state index in [1.165, 1.54) is 24.2 Å². The van der Waals surface area contributed by atoms with Crippen LogP contribution in [-0.4, -0.2) is 52.9 Å². The number of hydrogen-bond acceptors (Lipinski definition) is 6. The summed E-state index contributed by atoms with van der Waals surface area (Å²) in [6.07, 6.45) is 6.74. The average molecular weight is 317 g/mol. The van der Waals surface area contributed by atoms with Crippen LogP contribution in [0.5, 0.6) is 0 Å². The van der Waals surface area contributed by atoms with Crippen molar-refractivity contribution in [1.82, 2.24) is 14.9 Å². The lowest BCUT2D eigenvalue weighted by molar-refractivity contribution is -0.138. The summed E-state index contributed by atoms with van der Waals surface area (Å²) in [5, 5.41) is 3.25. The summed E-state index contributed by atoms with van der Waals surface area (Å²) in [6, 6.07) is 1.97. The molecule has 7 nitrogen and oxygen atoms in total. The van der Waals surface area contributed by atoms with Gasteiger partial charge in [-0.1, -0.05) is 0 Å². The number of imide groups is 1. The molecule has 1 aromatic heterocycles. The van der Waals surface area contributed by atoms with Gasteiger partial charge in [-0.05, 0) is 25.7 Å². The van der Waals surface area contributed by atoms with Crippen molar-refractivity contribution in [2.45, 2.75) is 38.5 Å². The third-order valence-electron chi connectivity index (χ3n) is 4.35. The predicted molar refractivity (Wildman–Crippen MR) is 87.2 cm³/mol. The van der Waals surface area contributed by atoms with E-state index in [2.05, 4.69) is 20.2 Å². The highest BCUT2D eigenvalue weighted by Crippen LogP contribution is 2.19. The SMILES string of the molecule is O=C1CCC(=O)N1CCCNc1cc(N2CCCCC2)ncn1. The van der Waals surface area contributed by atoms with Gasteiger partial charge < -0.3 is 10.2 Å². The number of likely N-dealkylation sites (tertiary alicyclic amines) is 1. The van der Waals surface area contributed by atoms with Gasteiger partial charge in [0, 0.05) is 45.1 Å². The Bertz CT molecular complexity index is 555. The van der Waals surface area contributed by atoms with E-state index in [0.717, 1.165) is 31.1 Å². The summed E-state index contributed by atoms with van der Waals surface area (Å²) in [6.45, 7) is 3.26. The van der Waals surface area contributed by atoms with Gasteiger partial charge in [-0.2, -0.15) is 0 Å². The van der Waals surface area contributed by atoms with Crippen molar-refractivity contribution in [3.05, 3.63) is 12.4 Å². The molecule has 2 aliphatic heterocycles. The molecule has 1 aromatic rings. The molecule has 0 radical (unpaired) electrons. The summed E-state index contributed by atoms with van der Waals surface area (Å²) in [5.41, 5.74) is 0. The number of nitrogens with one attached hydrogen (secondary N) is 1. The quantitative estimate of drug-likeness (QED) is 0.631. The zero-order valence-electron chi connectivity index (χ0n) is 13.3. The van der Waals surface area contributed by atoms with E-state index in [-0.39, 0.29) is 11.8 Å². The molecule has 0 spiro atoms. The van der Waals surface area contributed by atoms with Gasteiger partial charge in [0.25, 0.3) is 0 Å². The van der Waals surface area contributed by atoms with Crippen molar-refractivity contribution < 1.29 is 9.59 Å². The molecule has 3 rings (SSSR count). The van der Waals surface area contributed by atoms with Crippen LogP contribution in [0.2, 0.25) is 0 Å². The van der Waals surface area contributed by atoms with Gasteiger partial charge in [-0.3, -0.25) is 14.5 Å². The number of amides is 2. The summed E-state index contributed by atoms with van der Waals surface area (Å²) < 4.78 is 0. The summed E-state index contributed by atoms with van der Waals surface area (Å²) in [4.78, 5) is 35.3. The first-order valence-corrected chi connectivity index (χ1v) is 8.38. The van der Waals surface area contributed by atoms with E-state index in [1.807, 2.05) is 6.07 Å². The van der Waals surface area contributed by atoms with E-state index in [1.54, 1.807) is 6.33 Å². The molecule has 2 saturated heterocycles. The molecule has 0 atom stereocenters. The van der Waals surface area contributed by atoms with Gasteiger partial charge in [0.15, 0.2) is 0 Å². The molecule has 0 saturated carbocycles. The predicted octanol–water partition coefficient (Wildman–Crippen LogP) is 1.42. The van der Waals surface area contributed by atoms with Crippen LogP contribution < -0.4 is 10.2 Å². The molecular formula is C16H23N5O2. The maximum Gasteiger partial charge on any atom is 0.229 e. The van der Waals surface area contributed by atoms with Crippen LogP contribution in [-0.2, 0) is 9.59 Å². The number of anilines is 2. The smallest absolute Gasteiger partial charge is 0.229 e. The lowest BCUT2D eigenvalue weighted by atomic mass is 10.1. The molecule has 0 bridgehead atoms. The molecule has 0 unspecified atom stereocenters. The molecule has 2 fully saturated rings. The second-order valence-electron chi connectivity index (χ2n) is 6.03. The number of piperidine rings is 1. The van der Waals surface area contributed by atoms with Crippen LogP contribution in [0.4, 0.5) is 11.6 Å². The van der Waals surface area contributed by atoms with E-state index in [4.69, 9.17) is 0 Å². The Morgan fingerprint density at radius 2 is 1.78 bits per heavy atom. The maximum absolute atomic E-state index is 11.5. The van der Waals surface area contributed by atoms with Gasteiger partial charge in [0.05, 0.1) is 0 Å². The van der Waals surface area contributed by atoms with Gasteiger partial charge in [0.2, 0.25) is 11.8 Å². The zero-order valence-corrected chi connectivity index (χ0v) is 13.3. The monoisotopic (exact) mass is 317 g/mol. The second kappa shape index (κ2) is 7.39. The minimum Gasteiger partial charge on any atom is -0.370 e. The average Bonchev–Trinajstić information content (AvgIpc) is 2.91. The fourth-order valence-corrected chi connectivity index (χ4v) is 3.07. The molecule has 3 heterocycles. The minimum absolute atomic E-state index is 0.0515. The fourth-order valence-electron chi connectivity index (χ4n) is 3.07. The van der Waals surface area contributed by atoms with Crippen LogP contribution in [0.3, 0.4) is 0 Å². The van der Waals surface area contributed by atoms with Crippen LogP contribution in [0.1, 0.15) is 38.5 Å². The highest BCUT2D eigenvalue weighted by molar-refractivity contribution is 6.01. The van der Waals surface area contributed by atoms with Crippen molar-refractivity contribution in [2.24, 2.45) is 0 Å². The lowest BCUT2D eigenvalue weighted by Crippen LogP contribution is -2.31. The third kappa shape index (κ3) is 3.97. The summed E-state index contributed by atoms with van der Waals surface area (Å²) in [5.74, 6) is 1.65. The van der Waals surface area contributed by atoms with Gasteiger partial charge >= 0.3 is 0 Å². The van der Waals surface area contributed by atoms with E-state index in [0.29, 0.717) is 25.9 Å². The number of aromatic nitrogens is 2. The molecular weight excluding hydrogens is 294 g/mol. The van der Waals surface area contributed by atoms with Crippen molar-refractivity contribution in [1.29, 1.82) is 0 Å². The first-order chi connectivity index (χ1) is 11.2. The Balaban J connectivity index is 1.46. The van der Waals surface area contributed by atoms with Crippen molar-refractivity contribution in [3.8, 4) is 0 Å². The van der Waals surface area contributed by atoms with Gasteiger partial charge in [-0.15, -0.1) is 0 Å². The van der Waals surface area contributed by atoms with Crippen LogP contribution >= 0.6 is 0 Å². The molecule has 1 N–H and O–H groups in total. The molecule has 2 amide bonds. The third-order valence-corrected chi connectivity index (χ3v) is 4.35. The molecule has 124 valence electrons. The number of carbonyl (C=O) groups is 2. The maximum atomic E-state index is 11.5. The fraction of sp³-hybridized carbons (Fsp3) is 0.625. The Morgan fingerprint density at radius 3 is 2.52 bits per heavy atom. The highest BCUT2D eigenvalue weighted by atomic mass is 16.2. The van der Waals surface area contributed by atoms with Crippen molar-refractivity contribution >= 4 is 23.5 Å². The van der Waals surface area contributed by atoms with Crippen LogP contribution in [0.25, 0.3) is 0 Å². The number of carbonyl (C=O) groups excluding carboxylic acids is 2. The van der Waals surface area contributed by atoms with Gasteiger partial charge in [0.1, 0.15) is 18.0 Å². The Hall–Kier alpha value is -2.18. The largest absolute Gasteiger partial charge is 0.370 e. The van der Waals surface area contributed by atoms with Crippen LogP contribution in [0, 0.1) is 0 Å². The molecule has 7 heteroatoms. The van der Waals surface area contributed by atoms with Crippen LogP contribution in [0.15, 0.2) is 12.4 Å². The zero-order chi connectivity index (χ0) is 16.1. The highest BCUT2D eigenvalue weighted by Gasteiger charge is 2.27. The van der Waals surface area contributed by atoms with E-state index in [9.17, 15) is 9.59 Å². The van der Waals surface area contributed by atoms with Gasteiger partial charge in [-0.25, -0.2) is 9.97 Å². The Labute approximate surface area is 136 Å². The number of rotatable bonds is 6. The van der Waals surface area contributed by atoms with Crippen molar-refractivity contribution in [2.75, 3.05) is 36.4 Å². The molecule has 23 heavy (non-hydrogen) atoms. The van der Waals surface area contributed by atoms with Crippen molar-refractivity contribution in [3.63, 3.8) is 0 Å². The first kappa shape index (κ1) is 15.7. The normalized spacial score (nSPS) is 18.6. The second-order valence-corrected chi connectivity index (χ2v) is 6.03. The number of hydrogen-bond donors (Lipinski definition) is 1. The lowest BCUT2D eigenvalue weighted by Gasteiger charge is -2.27.